The molecule has 0 aliphatic heterocycles. The molecule has 0 bridgehead atoms. The summed E-state index contributed by atoms with van der Waals surface area (Å²) in [5.74, 6) is 6.71. The Labute approximate surface area is 124 Å². The lowest BCUT2D eigenvalue weighted by Gasteiger charge is -2.07. The van der Waals surface area contributed by atoms with E-state index in [4.69, 9.17) is 0 Å². The first-order chi connectivity index (χ1) is 9.93. The summed E-state index contributed by atoms with van der Waals surface area (Å²) in [4.78, 5) is 1.11. The van der Waals surface area contributed by atoms with E-state index in [2.05, 4.69) is 71.7 Å². The van der Waals surface area contributed by atoms with Crippen molar-refractivity contribution in [3.05, 3.63) is 83.1 Å². The zero-order valence-corrected chi connectivity index (χ0v) is 11.8. The van der Waals surface area contributed by atoms with Crippen LogP contribution in [0, 0.1) is 11.7 Å². The van der Waals surface area contributed by atoms with Crippen molar-refractivity contribution in [2.45, 2.75) is 0 Å². The van der Waals surface area contributed by atoms with Gasteiger partial charge in [0, 0.05) is 0 Å². The minimum Gasteiger partial charge on any atom is -0.136 e. The van der Waals surface area contributed by atoms with Gasteiger partial charge in [0.2, 0.25) is 0 Å². The van der Waals surface area contributed by atoms with E-state index in [0.717, 1.165) is 4.88 Å². The lowest BCUT2D eigenvalue weighted by atomic mass is 9.41. The molecule has 0 unspecified atom stereocenters. The van der Waals surface area contributed by atoms with E-state index >= 15 is 0 Å². The van der Waals surface area contributed by atoms with Crippen molar-refractivity contribution in [2.75, 3.05) is 0 Å². The quantitative estimate of drug-likeness (QED) is 0.497. The summed E-state index contributed by atoms with van der Waals surface area (Å²) < 4.78 is 0. The summed E-state index contributed by atoms with van der Waals surface area (Å²) in [6.45, 7) is 0.125. The summed E-state index contributed by atoms with van der Waals surface area (Å²) >= 11 is 1.68. The first kappa shape index (κ1) is 12.8. The van der Waals surface area contributed by atoms with Gasteiger partial charge in [-0.3, -0.25) is 0 Å². The molecule has 94 valence electrons. The maximum absolute atomic E-state index is 3.42. The molecule has 1 heterocycles. The third-order valence-corrected chi connectivity index (χ3v) is 3.91. The second kappa shape index (κ2) is 6.28. The summed E-state index contributed by atoms with van der Waals surface area (Å²) in [6.07, 6.45) is 0. The van der Waals surface area contributed by atoms with Crippen LogP contribution < -0.4 is 10.9 Å². The summed E-state index contributed by atoms with van der Waals surface area (Å²) in [5, 5.41) is 2.06. The van der Waals surface area contributed by atoms with Crippen LogP contribution in [0.4, 0.5) is 0 Å². The molecule has 0 aliphatic rings. The van der Waals surface area contributed by atoms with Gasteiger partial charge in [0.1, 0.15) is 0 Å². The van der Waals surface area contributed by atoms with Crippen LogP contribution in [0.25, 0.3) is 0 Å². The van der Waals surface area contributed by atoms with E-state index in [-0.39, 0.29) is 6.71 Å². The van der Waals surface area contributed by atoms with Crippen molar-refractivity contribution in [3.8, 4) is 11.7 Å². The molecule has 3 rings (SSSR count). The molecule has 0 saturated heterocycles. The van der Waals surface area contributed by atoms with Crippen LogP contribution in [-0.4, -0.2) is 6.71 Å². The summed E-state index contributed by atoms with van der Waals surface area (Å²) in [6, 6.07) is 25.0. The van der Waals surface area contributed by atoms with E-state index in [0.29, 0.717) is 0 Å². The highest BCUT2D eigenvalue weighted by Crippen LogP contribution is 2.05. The Balaban J connectivity index is 2.00. The Bertz CT molecular complexity index is 667. The number of hydrogen-bond acceptors (Lipinski definition) is 1. The molecule has 0 amide bonds. The molecule has 20 heavy (non-hydrogen) atoms. The van der Waals surface area contributed by atoms with Gasteiger partial charge in [0.15, 0.2) is 0 Å². The molecule has 0 radical (unpaired) electrons. The van der Waals surface area contributed by atoms with Crippen molar-refractivity contribution in [1.82, 2.24) is 0 Å². The van der Waals surface area contributed by atoms with Crippen LogP contribution in [0.15, 0.2) is 78.2 Å². The average molecular weight is 272 g/mol. The Morgan fingerprint density at radius 1 is 0.700 bits per heavy atom. The van der Waals surface area contributed by atoms with E-state index in [9.17, 15) is 0 Å². The molecule has 0 fully saturated rings. The Kier molecular flexibility index (Phi) is 4.01. The molecule has 3 aromatic rings. The van der Waals surface area contributed by atoms with Crippen molar-refractivity contribution in [1.29, 1.82) is 0 Å². The Morgan fingerprint density at radius 3 is 1.80 bits per heavy atom. The average Bonchev–Trinajstić information content (AvgIpc) is 3.03. The molecule has 0 aliphatic carbocycles. The fourth-order valence-electron chi connectivity index (χ4n) is 2.14. The highest BCUT2D eigenvalue weighted by atomic mass is 32.1. The summed E-state index contributed by atoms with van der Waals surface area (Å²) in [5.41, 5.74) is 2.48. The van der Waals surface area contributed by atoms with E-state index in [1.54, 1.807) is 11.3 Å². The molecule has 2 aromatic carbocycles. The first-order valence-corrected chi connectivity index (χ1v) is 7.46. The van der Waals surface area contributed by atoms with Crippen LogP contribution in [0.3, 0.4) is 0 Å². The monoisotopic (exact) mass is 272 g/mol. The van der Waals surface area contributed by atoms with E-state index in [1.165, 1.54) is 10.9 Å². The summed E-state index contributed by atoms with van der Waals surface area (Å²) in [7, 11) is 0. The zero-order chi connectivity index (χ0) is 13.6. The molecule has 0 N–H and O–H groups in total. The largest absolute Gasteiger partial charge is 0.296 e. The molecule has 0 nitrogen and oxygen atoms in total. The molecule has 0 atom stereocenters. The smallest absolute Gasteiger partial charge is 0.136 e. The maximum Gasteiger partial charge on any atom is 0.296 e. The Hall–Kier alpha value is -2.24. The van der Waals surface area contributed by atoms with E-state index < -0.39 is 0 Å². The van der Waals surface area contributed by atoms with Crippen LogP contribution in [0.5, 0.6) is 0 Å². The first-order valence-electron chi connectivity index (χ1n) is 6.58. The van der Waals surface area contributed by atoms with Crippen molar-refractivity contribution < 1.29 is 0 Å². The molecular formula is C18H13BS. The highest BCUT2D eigenvalue weighted by Gasteiger charge is 2.16. The minimum atomic E-state index is 0.125. The highest BCUT2D eigenvalue weighted by molar-refractivity contribution is 7.10. The van der Waals surface area contributed by atoms with Crippen molar-refractivity contribution in [2.24, 2.45) is 0 Å². The predicted molar refractivity (Wildman–Crippen MR) is 89.1 cm³/mol. The molecule has 0 saturated carbocycles. The predicted octanol–water partition coefficient (Wildman–Crippen LogP) is 2.95. The van der Waals surface area contributed by atoms with Gasteiger partial charge >= 0.3 is 0 Å². The fraction of sp³-hybridized carbons (Fsp3) is 0. The molecular weight excluding hydrogens is 259 g/mol. The third kappa shape index (κ3) is 3.01. The van der Waals surface area contributed by atoms with Gasteiger partial charge in [-0.1, -0.05) is 83.6 Å². The number of hydrogen-bond donors (Lipinski definition) is 0. The normalized spacial score (nSPS) is 9.60. The van der Waals surface area contributed by atoms with Gasteiger partial charge in [-0.25, -0.2) is 0 Å². The lowest BCUT2D eigenvalue weighted by molar-refractivity contribution is 1.74. The van der Waals surface area contributed by atoms with E-state index in [1.807, 2.05) is 18.2 Å². The Morgan fingerprint density at radius 2 is 1.30 bits per heavy atom. The van der Waals surface area contributed by atoms with Gasteiger partial charge in [-0.2, -0.15) is 0 Å². The molecule has 1 aromatic heterocycles. The zero-order valence-electron chi connectivity index (χ0n) is 11.0. The number of rotatable bonds is 2. The molecule has 0 spiro atoms. The second-order valence-electron chi connectivity index (χ2n) is 4.50. The van der Waals surface area contributed by atoms with Crippen LogP contribution in [-0.2, 0) is 0 Å². The van der Waals surface area contributed by atoms with Crippen molar-refractivity contribution in [3.63, 3.8) is 0 Å². The topological polar surface area (TPSA) is 0 Å². The third-order valence-electron chi connectivity index (χ3n) is 3.13. The lowest BCUT2D eigenvalue weighted by Crippen LogP contribution is -2.41. The maximum atomic E-state index is 3.42. The van der Waals surface area contributed by atoms with Gasteiger partial charge in [0.05, 0.1) is 4.88 Å². The van der Waals surface area contributed by atoms with Crippen LogP contribution in [0.1, 0.15) is 4.88 Å². The number of thiophene rings is 1. The SMILES string of the molecule is C(#Cc1cccs1)B(c1ccccc1)c1ccccc1. The number of benzene rings is 2. The van der Waals surface area contributed by atoms with Gasteiger partial charge in [-0.05, 0) is 11.4 Å². The standard InChI is InChI=1S/C18H13BS/c1-3-8-16(9-4-1)19(17-10-5-2-6-11-17)14-13-18-12-7-15-20-18/h1-12,15H. The van der Waals surface area contributed by atoms with Crippen molar-refractivity contribution >= 4 is 29.0 Å². The molecule has 2 heteroatoms. The van der Waals surface area contributed by atoms with Gasteiger partial charge in [0.25, 0.3) is 6.71 Å². The van der Waals surface area contributed by atoms with Gasteiger partial charge in [-0.15, -0.1) is 17.2 Å². The van der Waals surface area contributed by atoms with Crippen LogP contribution in [0.2, 0.25) is 0 Å². The second-order valence-corrected chi connectivity index (χ2v) is 5.45. The minimum absolute atomic E-state index is 0.125. The van der Waals surface area contributed by atoms with Crippen LogP contribution >= 0.6 is 11.3 Å². The van der Waals surface area contributed by atoms with Gasteiger partial charge < -0.3 is 0 Å². The fourth-order valence-corrected chi connectivity index (χ4v) is 2.72.